The Morgan fingerprint density at radius 3 is 2.43 bits per heavy atom. The molecule has 0 bridgehead atoms. The molecule has 0 aliphatic heterocycles. The molecule has 0 saturated carbocycles. The third-order valence-corrected chi connectivity index (χ3v) is 3.26. The van der Waals surface area contributed by atoms with Gasteiger partial charge in [0.15, 0.2) is 23.0 Å². The van der Waals surface area contributed by atoms with Crippen LogP contribution in [0.4, 0.5) is 18.9 Å². The summed E-state index contributed by atoms with van der Waals surface area (Å²) < 4.78 is 47.3. The zero-order valence-electron chi connectivity index (χ0n) is 12.8. The summed E-state index contributed by atoms with van der Waals surface area (Å²) in [5, 5.41) is 11.6. The molecule has 2 N–H and O–H groups in total. The van der Waals surface area contributed by atoms with Crippen molar-refractivity contribution in [1.29, 1.82) is 0 Å². The Morgan fingerprint density at radius 2 is 1.87 bits per heavy atom. The Morgan fingerprint density at radius 1 is 1.22 bits per heavy atom. The van der Waals surface area contributed by atoms with Crippen molar-refractivity contribution in [3.05, 3.63) is 33.4 Å². The summed E-state index contributed by atoms with van der Waals surface area (Å²) in [6.45, 7) is 5.07. The van der Waals surface area contributed by atoms with Gasteiger partial charge in [-0.2, -0.15) is 0 Å². The standard InChI is InChI=1S/C15H15F3N2O3/c1-4-19-6(3)7-13(21)8-9(16)10(17)12(20-5-2)11(18)14(8)23-15(7)22/h20-21H,4-5H2,1-3H3. The van der Waals surface area contributed by atoms with Crippen molar-refractivity contribution in [2.75, 3.05) is 18.4 Å². The first-order chi connectivity index (χ1) is 10.8. The summed E-state index contributed by atoms with van der Waals surface area (Å²) in [5.41, 5.74) is -3.04. The second-order valence-electron chi connectivity index (χ2n) is 4.72. The van der Waals surface area contributed by atoms with Crippen LogP contribution in [0.15, 0.2) is 14.2 Å². The molecule has 0 saturated heterocycles. The highest BCUT2D eigenvalue weighted by Gasteiger charge is 2.27. The zero-order valence-corrected chi connectivity index (χ0v) is 12.8. The summed E-state index contributed by atoms with van der Waals surface area (Å²) in [4.78, 5) is 15.9. The van der Waals surface area contributed by atoms with Crippen molar-refractivity contribution in [3.63, 3.8) is 0 Å². The van der Waals surface area contributed by atoms with Crippen LogP contribution >= 0.6 is 0 Å². The van der Waals surface area contributed by atoms with E-state index in [1.54, 1.807) is 13.8 Å². The number of rotatable bonds is 4. The minimum atomic E-state index is -1.51. The Bertz CT molecular complexity index is 860. The molecule has 0 aliphatic rings. The lowest BCUT2D eigenvalue weighted by Gasteiger charge is -2.12. The van der Waals surface area contributed by atoms with Crippen LogP contribution in [0.5, 0.6) is 5.75 Å². The lowest BCUT2D eigenvalue weighted by atomic mass is 10.1. The molecule has 0 fully saturated rings. The van der Waals surface area contributed by atoms with Crippen LogP contribution in [-0.2, 0) is 0 Å². The molecule has 124 valence electrons. The highest BCUT2D eigenvalue weighted by molar-refractivity contribution is 6.05. The van der Waals surface area contributed by atoms with Gasteiger partial charge < -0.3 is 14.8 Å². The predicted molar refractivity (Wildman–Crippen MR) is 80.9 cm³/mol. The zero-order chi connectivity index (χ0) is 17.3. The highest BCUT2D eigenvalue weighted by atomic mass is 19.2. The minimum Gasteiger partial charge on any atom is -0.506 e. The van der Waals surface area contributed by atoms with E-state index >= 15 is 0 Å². The number of aliphatic imine (C=N–C) groups is 1. The Balaban J connectivity index is 2.97. The molecule has 23 heavy (non-hydrogen) atoms. The van der Waals surface area contributed by atoms with Crippen LogP contribution in [0.25, 0.3) is 11.0 Å². The van der Waals surface area contributed by atoms with Crippen LogP contribution < -0.4 is 10.9 Å². The summed E-state index contributed by atoms with van der Waals surface area (Å²) in [6, 6.07) is 0. The van der Waals surface area contributed by atoms with Gasteiger partial charge >= 0.3 is 5.63 Å². The lowest BCUT2D eigenvalue weighted by Crippen LogP contribution is -2.15. The van der Waals surface area contributed by atoms with Crippen molar-refractivity contribution < 1.29 is 22.7 Å². The van der Waals surface area contributed by atoms with Crippen LogP contribution in [0.1, 0.15) is 26.3 Å². The predicted octanol–water partition coefficient (Wildman–Crippen LogP) is 3.18. The van der Waals surface area contributed by atoms with Crippen molar-refractivity contribution >= 4 is 22.4 Å². The highest BCUT2D eigenvalue weighted by Crippen LogP contribution is 2.36. The summed E-state index contributed by atoms with van der Waals surface area (Å²) in [5.74, 6) is -5.20. The number of hydrogen-bond donors (Lipinski definition) is 2. The van der Waals surface area contributed by atoms with E-state index in [9.17, 15) is 23.1 Å². The van der Waals surface area contributed by atoms with Crippen LogP contribution in [-0.4, -0.2) is 23.9 Å². The van der Waals surface area contributed by atoms with Gasteiger partial charge in [0, 0.05) is 13.1 Å². The monoisotopic (exact) mass is 328 g/mol. The van der Waals surface area contributed by atoms with Gasteiger partial charge in [0.25, 0.3) is 0 Å². The van der Waals surface area contributed by atoms with E-state index < -0.39 is 51.0 Å². The second-order valence-corrected chi connectivity index (χ2v) is 4.72. The summed E-state index contributed by atoms with van der Waals surface area (Å²) in [6.07, 6.45) is 0. The quantitative estimate of drug-likeness (QED) is 0.513. The molecule has 0 amide bonds. The number of benzene rings is 1. The SMILES string of the molecule is CCN=C(C)c1c(O)c2c(F)c(F)c(NCC)c(F)c2oc1=O. The van der Waals surface area contributed by atoms with Crippen molar-refractivity contribution in [2.45, 2.75) is 20.8 Å². The number of anilines is 1. The van der Waals surface area contributed by atoms with Gasteiger partial charge in [-0.3, -0.25) is 4.99 Å². The molecule has 5 nitrogen and oxygen atoms in total. The van der Waals surface area contributed by atoms with Gasteiger partial charge in [0.1, 0.15) is 22.4 Å². The number of nitrogens with zero attached hydrogens (tertiary/aromatic N) is 1. The molecule has 1 aromatic carbocycles. The van der Waals surface area contributed by atoms with E-state index in [4.69, 9.17) is 4.42 Å². The van der Waals surface area contributed by atoms with E-state index in [1.165, 1.54) is 6.92 Å². The number of fused-ring (bicyclic) bond motifs is 1. The third kappa shape index (κ3) is 2.64. The maximum Gasteiger partial charge on any atom is 0.349 e. The number of hydrogen-bond acceptors (Lipinski definition) is 5. The third-order valence-electron chi connectivity index (χ3n) is 3.26. The van der Waals surface area contributed by atoms with E-state index in [-0.39, 0.29) is 12.3 Å². The molecule has 8 heteroatoms. The van der Waals surface area contributed by atoms with Gasteiger partial charge in [-0.05, 0) is 20.8 Å². The van der Waals surface area contributed by atoms with Crippen LogP contribution in [0, 0.1) is 17.5 Å². The van der Waals surface area contributed by atoms with E-state index in [2.05, 4.69) is 10.3 Å². The smallest absolute Gasteiger partial charge is 0.349 e. The van der Waals surface area contributed by atoms with Gasteiger partial charge in [-0.1, -0.05) is 0 Å². The van der Waals surface area contributed by atoms with Crippen LogP contribution in [0.3, 0.4) is 0 Å². The molecule has 2 aromatic rings. The van der Waals surface area contributed by atoms with Gasteiger partial charge in [0.2, 0.25) is 0 Å². The Hall–Kier alpha value is -2.51. The number of aromatic hydroxyl groups is 1. The fourth-order valence-corrected chi connectivity index (χ4v) is 2.28. The molecular formula is C15H15F3N2O3. The van der Waals surface area contributed by atoms with E-state index in [1.807, 2.05) is 0 Å². The average molecular weight is 328 g/mol. The maximum absolute atomic E-state index is 14.3. The average Bonchev–Trinajstić information content (AvgIpc) is 2.49. The van der Waals surface area contributed by atoms with Crippen molar-refractivity contribution in [3.8, 4) is 5.75 Å². The lowest BCUT2D eigenvalue weighted by molar-refractivity contribution is 0.447. The summed E-state index contributed by atoms with van der Waals surface area (Å²) in [7, 11) is 0. The van der Waals surface area contributed by atoms with E-state index in [0.29, 0.717) is 6.54 Å². The minimum absolute atomic E-state index is 0.0802. The summed E-state index contributed by atoms with van der Waals surface area (Å²) >= 11 is 0. The fourth-order valence-electron chi connectivity index (χ4n) is 2.28. The van der Waals surface area contributed by atoms with E-state index in [0.717, 1.165) is 0 Å². The number of nitrogens with one attached hydrogen (secondary N) is 1. The molecule has 0 radical (unpaired) electrons. The number of halogens is 3. The maximum atomic E-state index is 14.3. The fraction of sp³-hybridized carbons (Fsp3) is 0.333. The van der Waals surface area contributed by atoms with Crippen LogP contribution in [0.2, 0.25) is 0 Å². The van der Waals surface area contributed by atoms with Gasteiger partial charge in [0.05, 0.1) is 5.71 Å². The molecule has 1 heterocycles. The second kappa shape index (κ2) is 6.31. The van der Waals surface area contributed by atoms with Gasteiger partial charge in [-0.15, -0.1) is 0 Å². The molecule has 1 aromatic heterocycles. The first-order valence-corrected chi connectivity index (χ1v) is 6.96. The molecule has 2 rings (SSSR count). The topological polar surface area (TPSA) is 74.8 Å². The molecule has 0 spiro atoms. The van der Waals surface area contributed by atoms with Crippen molar-refractivity contribution in [1.82, 2.24) is 0 Å². The largest absolute Gasteiger partial charge is 0.506 e. The first kappa shape index (κ1) is 16.9. The molecule has 0 atom stereocenters. The normalized spacial score (nSPS) is 12.0. The van der Waals surface area contributed by atoms with Gasteiger partial charge in [-0.25, -0.2) is 18.0 Å². The van der Waals surface area contributed by atoms with Crippen molar-refractivity contribution in [2.24, 2.45) is 4.99 Å². The molecular weight excluding hydrogens is 313 g/mol. The molecule has 0 aliphatic carbocycles. The Kier molecular flexibility index (Phi) is 4.63. The molecule has 0 unspecified atom stereocenters. The Labute approximate surface area is 129 Å². The first-order valence-electron chi connectivity index (χ1n) is 6.96.